The fourth-order valence-corrected chi connectivity index (χ4v) is 2.89. The summed E-state index contributed by atoms with van der Waals surface area (Å²) in [5.41, 5.74) is 3.85. The molecule has 0 radical (unpaired) electrons. The summed E-state index contributed by atoms with van der Waals surface area (Å²) in [6.07, 6.45) is -0.518. The Morgan fingerprint density at radius 3 is 2.48 bits per heavy atom. The molecule has 0 aliphatic heterocycles. The summed E-state index contributed by atoms with van der Waals surface area (Å²) in [5, 5.41) is 11.9. The van der Waals surface area contributed by atoms with Gasteiger partial charge in [0.15, 0.2) is 0 Å². The van der Waals surface area contributed by atoms with E-state index in [1.807, 2.05) is 57.2 Å². The van der Waals surface area contributed by atoms with Crippen LogP contribution in [0.25, 0.3) is 0 Å². The van der Waals surface area contributed by atoms with Crippen LogP contribution >= 0.6 is 0 Å². The smallest absolute Gasteiger partial charge is 0.408 e. The number of aryl methyl sites for hydroxylation is 1. The van der Waals surface area contributed by atoms with Crippen molar-refractivity contribution in [2.75, 3.05) is 0 Å². The standard InChI is InChI=1S/C19H24N2O4/c1-4-21-13(2)10-16(14(21)3)11-17(18(22)23)20-19(24)25-12-15-8-6-5-7-9-15/h5-10,17H,4,11-12H2,1-3H3,(H,20,24)(H,22,23). The molecule has 0 saturated heterocycles. The van der Waals surface area contributed by atoms with E-state index in [9.17, 15) is 14.7 Å². The van der Waals surface area contributed by atoms with E-state index in [4.69, 9.17) is 4.74 Å². The summed E-state index contributed by atoms with van der Waals surface area (Å²) < 4.78 is 7.22. The van der Waals surface area contributed by atoms with Gasteiger partial charge in [-0.05, 0) is 38.0 Å². The number of hydrogen-bond donors (Lipinski definition) is 2. The van der Waals surface area contributed by atoms with E-state index in [0.717, 1.165) is 29.1 Å². The Morgan fingerprint density at radius 2 is 1.92 bits per heavy atom. The Labute approximate surface area is 147 Å². The molecule has 0 aliphatic rings. The van der Waals surface area contributed by atoms with E-state index in [0.29, 0.717) is 0 Å². The zero-order valence-electron chi connectivity index (χ0n) is 14.8. The zero-order chi connectivity index (χ0) is 18.4. The quantitative estimate of drug-likeness (QED) is 0.809. The van der Waals surface area contributed by atoms with E-state index >= 15 is 0 Å². The van der Waals surface area contributed by atoms with Crippen LogP contribution in [0.1, 0.15) is 29.4 Å². The number of carboxylic acid groups (broad SMARTS) is 1. The van der Waals surface area contributed by atoms with Gasteiger partial charge in [-0.1, -0.05) is 30.3 Å². The molecule has 2 aromatic rings. The highest BCUT2D eigenvalue weighted by Crippen LogP contribution is 2.17. The molecule has 0 bridgehead atoms. The lowest BCUT2D eigenvalue weighted by atomic mass is 10.1. The van der Waals surface area contributed by atoms with Crippen molar-refractivity contribution >= 4 is 12.1 Å². The Hall–Kier alpha value is -2.76. The normalized spacial score (nSPS) is 11.8. The molecule has 25 heavy (non-hydrogen) atoms. The number of carbonyl (C=O) groups excluding carboxylic acids is 1. The number of rotatable bonds is 7. The molecule has 1 aromatic heterocycles. The van der Waals surface area contributed by atoms with Crippen LogP contribution in [-0.2, 0) is 29.1 Å². The number of aromatic nitrogens is 1. The van der Waals surface area contributed by atoms with Crippen LogP contribution in [0.3, 0.4) is 0 Å². The molecule has 0 aliphatic carbocycles. The number of aliphatic carboxylic acids is 1. The molecular formula is C19H24N2O4. The van der Waals surface area contributed by atoms with Crippen LogP contribution in [-0.4, -0.2) is 27.8 Å². The third-order valence-electron chi connectivity index (χ3n) is 4.22. The van der Waals surface area contributed by atoms with E-state index in [-0.39, 0.29) is 13.0 Å². The molecule has 1 unspecified atom stereocenters. The van der Waals surface area contributed by atoms with Gasteiger partial charge in [0.25, 0.3) is 0 Å². The summed E-state index contributed by atoms with van der Waals surface area (Å²) in [7, 11) is 0. The topological polar surface area (TPSA) is 80.6 Å². The molecule has 134 valence electrons. The second-order valence-electron chi connectivity index (χ2n) is 5.94. The second kappa shape index (κ2) is 8.37. The van der Waals surface area contributed by atoms with Crippen molar-refractivity contribution in [3.8, 4) is 0 Å². The summed E-state index contributed by atoms with van der Waals surface area (Å²) in [4.78, 5) is 23.4. The minimum atomic E-state index is -1.09. The number of ether oxygens (including phenoxy) is 1. The van der Waals surface area contributed by atoms with Crippen molar-refractivity contribution in [2.45, 2.75) is 46.4 Å². The lowest BCUT2D eigenvalue weighted by molar-refractivity contribution is -0.139. The predicted molar refractivity (Wildman–Crippen MR) is 94.5 cm³/mol. The van der Waals surface area contributed by atoms with Crippen molar-refractivity contribution in [2.24, 2.45) is 0 Å². The first kappa shape index (κ1) is 18.6. The van der Waals surface area contributed by atoms with Gasteiger partial charge in [-0.2, -0.15) is 0 Å². The molecule has 1 heterocycles. The maximum Gasteiger partial charge on any atom is 0.408 e. The fourth-order valence-electron chi connectivity index (χ4n) is 2.89. The number of nitrogens with zero attached hydrogens (tertiary/aromatic N) is 1. The minimum absolute atomic E-state index is 0.101. The van der Waals surface area contributed by atoms with Gasteiger partial charge < -0.3 is 19.7 Å². The van der Waals surface area contributed by atoms with Crippen LogP contribution in [0.15, 0.2) is 36.4 Å². The Balaban J connectivity index is 1.99. The number of benzene rings is 1. The molecule has 1 aromatic carbocycles. The van der Waals surface area contributed by atoms with Crippen molar-refractivity contribution in [1.82, 2.24) is 9.88 Å². The summed E-state index contributed by atoms with van der Waals surface area (Å²) in [6, 6.07) is 10.2. The summed E-state index contributed by atoms with van der Waals surface area (Å²) in [6.45, 7) is 6.90. The number of carboxylic acids is 1. The van der Waals surface area contributed by atoms with Crippen molar-refractivity contribution < 1.29 is 19.4 Å². The highest BCUT2D eigenvalue weighted by molar-refractivity contribution is 5.80. The van der Waals surface area contributed by atoms with Crippen LogP contribution in [0, 0.1) is 13.8 Å². The molecule has 0 spiro atoms. The Bertz CT molecular complexity index is 737. The minimum Gasteiger partial charge on any atom is -0.480 e. The molecule has 0 fully saturated rings. The highest BCUT2D eigenvalue weighted by atomic mass is 16.5. The Kier molecular flexibility index (Phi) is 6.22. The largest absolute Gasteiger partial charge is 0.480 e. The van der Waals surface area contributed by atoms with Crippen LogP contribution in [0.4, 0.5) is 4.79 Å². The first-order valence-electron chi connectivity index (χ1n) is 8.28. The lowest BCUT2D eigenvalue weighted by Gasteiger charge is -2.15. The van der Waals surface area contributed by atoms with Crippen molar-refractivity contribution in [3.05, 3.63) is 58.9 Å². The van der Waals surface area contributed by atoms with Crippen molar-refractivity contribution in [3.63, 3.8) is 0 Å². The van der Waals surface area contributed by atoms with Crippen LogP contribution < -0.4 is 5.32 Å². The van der Waals surface area contributed by atoms with E-state index < -0.39 is 18.1 Å². The third kappa shape index (κ3) is 4.86. The fraction of sp³-hybridized carbons (Fsp3) is 0.368. The lowest BCUT2D eigenvalue weighted by Crippen LogP contribution is -2.42. The first-order chi connectivity index (χ1) is 11.9. The number of alkyl carbamates (subject to hydrolysis) is 1. The number of nitrogens with one attached hydrogen (secondary N) is 1. The van der Waals surface area contributed by atoms with Gasteiger partial charge in [-0.3, -0.25) is 0 Å². The van der Waals surface area contributed by atoms with Crippen LogP contribution in [0.5, 0.6) is 0 Å². The van der Waals surface area contributed by atoms with Gasteiger partial charge in [0, 0.05) is 24.4 Å². The SMILES string of the molecule is CCn1c(C)cc(CC(NC(=O)OCc2ccccc2)C(=O)O)c1C. The van der Waals surface area contributed by atoms with E-state index in [2.05, 4.69) is 9.88 Å². The number of hydrogen-bond acceptors (Lipinski definition) is 3. The maximum atomic E-state index is 11.9. The van der Waals surface area contributed by atoms with Crippen LogP contribution in [0.2, 0.25) is 0 Å². The van der Waals surface area contributed by atoms with Gasteiger partial charge in [0.1, 0.15) is 12.6 Å². The maximum absolute atomic E-state index is 11.9. The number of carbonyl (C=O) groups is 2. The third-order valence-corrected chi connectivity index (χ3v) is 4.22. The molecule has 1 atom stereocenters. The highest BCUT2D eigenvalue weighted by Gasteiger charge is 2.23. The molecular weight excluding hydrogens is 320 g/mol. The number of amides is 1. The van der Waals surface area contributed by atoms with Gasteiger partial charge in [-0.25, -0.2) is 9.59 Å². The molecule has 6 heteroatoms. The molecule has 6 nitrogen and oxygen atoms in total. The average molecular weight is 344 g/mol. The van der Waals surface area contributed by atoms with E-state index in [1.165, 1.54) is 0 Å². The van der Waals surface area contributed by atoms with Gasteiger partial charge in [0.05, 0.1) is 0 Å². The molecule has 2 rings (SSSR count). The predicted octanol–water partition coefficient (Wildman–Crippen LogP) is 3.05. The van der Waals surface area contributed by atoms with Crippen molar-refractivity contribution in [1.29, 1.82) is 0 Å². The monoisotopic (exact) mass is 344 g/mol. The molecule has 0 saturated carbocycles. The first-order valence-corrected chi connectivity index (χ1v) is 8.28. The average Bonchev–Trinajstić information content (AvgIpc) is 2.86. The second-order valence-corrected chi connectivity index (χ2v) is 5.94. The van der Waals surface area contributed by atoms with Gasteiger partial charge in [-0.15, -0.1) is 0 Å². The van der Waals surface area contributed by atoms with Gasteiger partial charge >= 0.3 is 12.1 Å². The van der Waals surface area contributed by atoms with E-state index in [1.54, 1.807) is 0 Å². The summed E-state index contributed by atoms with van der Waals surface area (Å²) >= 11 is 0. The summed E-state index contributed by atoms with van der Waals surface area (Å²) in [5.74, 6) is -1.09. The van der Waals surface area contributed by atoms with Gasteiger partial charge in [0.2, 0.25) is 0 Å². The molecule has 2 N–H and O–H groups in total. The molecule has 1 amide bonds. The Morgan fingerprint density at radius 1 is 1.24 bits per heavy atom. The zero-order valence-corrected chi connectivity index (χ0v) is 14.8.